The van der Waals surface area contributed by atoms with Gasteiger partial charge in [0.15, 0.2) is 0 Å². The molecule has 0 spiro atoms. The standard InChI is InChI=1S/C13H19N3O3/c17-13(18)8-5-10-3-4-11(6-8)16(10)12-7-15(14-19-12)9-1-2-9/h7-11,14H,1-6H2,(H,17,18). The van der Waals surface area contributed by atoms with Crippen molar-refractivity contribution in [2.45, 2.75) is 56.7 Å². The van der Waals surface area contributed by atoms with Crippen LogP contribution in [0.5, 0.6) is 0 Å². The maximum absolute atomic E-state index is 11.2. The van der Waals surface area contributed by atoms with Crippen LogP contribution in [-0.2, 0) is 9.63 Å². The van der Waals surface area contributed by atoms with Crippen molar-refractivity contribution in [1.29, 1.82) is 0 Å². The summed E-state index contributed by atoms with van der Waals surface area (Å²) in [6, 6.07) is 1.23. The second-order valence-electron chi connectivity index (χ2n) is 6.10. The van der Waals surface area contributed by atoms with E-state index in [1.807, 2.05) is 11.2 Å². The molecule has 2 atom stereocenters. The molecule has 0 aromatic rings. The molecule has 0 aromatic heterocycles. The molecule has 4 aliphatic rings. The van der Waals surface area contributed by atoms with E-state index < -0.39 is 5.97 Å². The van der Waals surface area contributed by atoms with Crippen molar-refractivity contribution in [3.05, 3.63) is 12.1 Å². The number of rotatable bonds is 3. The summed E-state index contributed by atoms with van der Waals surface area (Å²) < 4.78 is 0. The first kappa shape index (κ1) is 11.4. The van der Waals surface area contributed by atoms with Crippen molar-refractivity contribution in [3.8, 4) is 0 Å². The molecule has 2 saturated heterocycles. The highest BCUT2D eigenvalue weighted by Crippen LogP contribution is 2.42. The van der Waals surface area contributed by atoms with Crippen LogP contribution in [0.2, 0.25) is 0 Å². The summed E-state index contributed by atoms with van der Waals surface area (Å²) in [5, 5.41) is 11.2. The summed E-state index contributed by atoms with van der Waals surface area (Å²) in [6.07, 6.45) is 8.13. The summed E-state index contributed by atoms with van der Waals surface area (Å²) in [6.45, 7) is 0. The van der Waals surface area contributed by atoms with Crippen LogP contribution in [0.15, 0.2) is 12.1 Å². The highest BCUT2D eigenvalue weighted by Gasteiger charge is 2.46. The molecule has 2 N–H and O–H groups in total. The van der Waals surface area contributed by atoms with Crippen molar-refractivity contribution >= 4 is 5.97 Å². The molecule has 3 heterocycles. The molecule has 3 fully saturated rings. The summed E-state index contributed by atoms with van der Waals surface area (Å²) in [5.74, 6) is 0.0575. The zero-order valence-electron chi connectivity index (χ0n) is 10.8. The van der Waals surface area contributed by atoms with E-state index in [2.05, 4.69) is 10.5 Å². The number of carboxylic acid groups (broad SMARTS) is 1. The molecular formula is C13H19N3O3. The number of piperidine rings is 1. The van der Waals surface area contributed by atoms with Gasteiger partial charge < -0.3 is 14.8 Å². The largest absolute Gasteiger partial charge is 0.481 e. The molecule has 1 aliphatic carbocycles. The van der Waals surface area contributed by atoms with E-state index in [0.29, 0.717) is 18.1 Å². The fourth-order valence-corrected chi connectivity index (χ4v) is 3.66. The number of aliphatic carboxylic acids is 1. The van der Waals surface area contributed by atoms with Crippen LogP contribution in [0.25, 0.3) is 0 Å². The van der Waals surface area contributed by atoms with Crippen LogP contribution in [0.4, 0.5) is 0 Å². The Morgan fingerprint density at radius 1 is 1.21 bits per heavy atom. The van der Waals surface area contributed by atoms with Crippen LogP contribution >= 0.6 is 0 Å². The van der Waals surface area contributed by atoms with Gasteiger partial charge in [-0.15, -0.1) is 0 Å². The SMILES string of the molecule is O=C(O)C1CC2CCC(C1)N2C1=CN(C2CC2)NO1. The van der Waals surface area contributed by atoms with Crippen molar-refractivity contribution < 1.29 is 14.7 Å². The lowest BCUT2D eigenvalue weighted by Gasteiger charge is -2.38. The van der Waals surface area contributed by atoms with Gasteiger partial charge in [0.05, 0.1) is 12.1 Å². The summed E-state index contributed by atoms with van der Waals surface area (Å²) >= 11 is 0. The number of carboxylic acids is 1. The van der Waals surface area contributed by atoms with E-state index in [1.165, 1.54) is 12.8 Å². The van der Waals surface area contributed by atoms with Gasteiger partial charge in [0.2, 0.25) is 5.88 Å². The lowest BCUT2D eigenvalue weighted by molar-refractivity contribution is -0.144. The first-order chi connectivity index (χ1) is 9.22. The Balaban J connectivity index is 1.51. The number of hydrogen-bond donors (Lipinski definition) is 2. The van der Waals surface area contributed by atoms with E-state index >= 15 is 0 Å². The maximum Gasteiger partial charge on any atom is 0.306 e. The molecule has 3 aliphatic heterocycles. The van der Waals surface area contributed by atoms with Crippen molar-refractivity contribution in [1.82, 2.24) is 15.5 Å². The minimum atomic E-state index is -0.643. The minimum absolute atomic E-state index is 0.178. The van der Waals surface area contributed by atoms with Gasteiger partial charge >= 0.3 is 5.97 Å². The van der Waals surface area contributed by atoms with Crippen LogP contribution in [0.3, 0.4) is 0 Å². The van der Waals surface area contributed by atoms with E-state index in [-0.39, 0.29) is 5.92 Å². The molecule has 2 bridgehead atoms. The third kappa shape index (κ3) is 1.85. The third-order valence-corrected chi connectivity index (χ3v) is 4.78. The Morgan fingerprint density at radius 2 is 1.84 bits per heavy atom. The van der Waals surface area contributed by atoms with Crippen LogP contribution in [0, 0.1) is 5.92 Å². The van der Waals surface area contributed by atoms with Gasteiger partial charge in [-0.2, -0.15) is 0 Å². The third-order valence-electron chi connectivity index (χ3n) is 4.78. The number of nitrogens with one attached hydrogen (secondary N) is 1. The fourth-order valence-electron chi connectivity index (χ4n) is 3.66. The second kappa shape index (κ2) is 4.03. The molecule has 2 unspecified atom stereocenters. The maximum atomic E-state index is 11.2. The van der Waals surface area contributed by atoms with Crippen LogP contribution < -0.4 is 5.59 Å². The Kier molecular flexibility index (Phi) is 2.42. The van der Waals surface area contributed by atoms with Gasteiger partial charge in [-0.25, -0.2) is 0 Å². The molecule has 19 heavy (non-hydrogen) atoms. The number of carbonyl (C=O) groups is 1. The predicted molar refractivity (Wildman–Crippen MR) is 66.2 cm³/mol. The van der Waals surface area contributed by atoms with E-state index in [0.717, 1.165) is 31.6 Å². The van der Waals surface area contributed by atoms with Crippen molar-refractivity contribution in [2.24, 2.45) is 5.92 Å². The number of fused-ring (bicyclic) bond motifs is 2. The highest BCUT2D eigenvalue weighted by molar-refractivity contribution is 5.70. The first-order valence-corrected chi connectivity index (χ1v) is 7.16. The number of hydrazine groups is 1. The lowest BCUT2D eigenvalue weighted by atomic mass is 9.91. The molecular weight excluding hydrogens is 246 g/mol. The van der Waals surface area contributed by atoms with E-state index in [1.54, 1.807) is 0 Å². The highest BCUT2D eigenvalue weighted by atomic mass is 16.7. The fraction of sp³-hybridized carbons (Fsp3) is 0.769. The molecule has 1 saturated carbocycles. The average molecular weight is 265 g/mol. The molecule has 0 radical (unpaired) electrons. The molecule has 104 valence electrons. The van der Waals surface area contributed by atoms with Gasteiger partial charge in [0.25, 0.3) is 0 Å². The molecule has 6 heteroatoms. The Morgan fingerprint density at radius 3 is 2.42 bits per heavy atom. The molecule has 0 aromatic carbocycles. The van der Waals surface area contributed by atoms with Gasteiger partial charge in [-0.05, 0) is 38.5 Å². The predicted octanol–water partition coefficient (Wildman–Crippen LogP) is 1.03. The summed E-state index contributed by atoms with van der Waals surface area (Å²) in [4.78, 5) is 19.1. The Labute approximate surface area is 111 Å². The zero-order valence-corrected chi connectivity index (χ0v) is 10.8. The molecule has 0 amide bonds. The second-order valence-corrected chi connectivity index (χ2v) is 6.10. The van der Waals surface area contributed by atoms with Gasteiger partial charge in [-0.1, -0.05) is 5.59 Å². The first-order valence-electron chi connectivity index (χ1n) is 7.16. The van der Waals surface area contributed by atoms with E-state index in [4.69, 9.17) is 4.84 Å². The lowest BCUT2D eigenvalue weighted by Crippen LogP contribution is -2.44. The summed E-state index contributed by atoms with van der Waals surface area (Å²) in [5.41, 5.74) is 2.95. The average Bonchev–Trinajstić information content (AvgIpc) is 3.07. The smallest absolute Gasteiger partial charge is 0.306 e. The number of hydrogen-bond acceptors (Lipinski definition) is 5. The Hall–Kier alpha value is -1.43. The summed E-state index contributed by atoms with van der Waals surface area (Å²) in [7, 11) is 0. The Bertz CT molecular complexity index is 421. The zero-order chi connectivity index (χ0) is 13.0. The van der Waals surface area contributed by atoms with Gasteiger partial charge in [0, 0.05) is 18.1 Å². The minimum Gasteiger partial charge on any atom is -0.481 e. The normalized spacial score (nSPS) is 37.3. The number of nitrogens with zero attached hydrogens (tertiary/aromatic N) is 2. The van der Waals surface area contributed by atoms with Crippen molar-refractivity contribution in [2.75, 3.05) is 0 Å². The topological polar surface area (TPSA) is 65.0 Å². The molecule has 6 nitrogen and oxygen atoms in total. The van der Waals surface area contributed by atoms with Crippen LogP contribution in [-0.4, -0.2) is 39.1 Å². The molecule has 4 rings (SSSR count). The quantitative estimate of drug-likeness (QED) is 0.794. The van der Waals surface area contributed by atoms with Crippen molar-refractivity contribution in [3.63, 3.8) is 0 Å². The van der Waals surface area contributed by atoms with Gasteiger partial charge in [0.1, 0.15) is 0 Å². The van der Waals surface area contributed by atoms with Crippen LogP contribution in [0.1, 0.15) is 38.5 Å². The monoisotopic (exact) mass is 265 g/mol. The van der Waals surface area contributed by atoms with E-state index in [9.17, 15) is 9.90 Å². The van der Waals surface area contributed by atoms with Gasteiger partial charge in [-0.3, -0.25) is 9.80 Å².